The predicted octanol–water partition coefficient (Wildman–Crippen LogP) is 4.40. The van der Waals surface area contributed by atoms with Gasteiger partial charge >= 0.3 is 5.51 Å². The standard InChI is InChI=1S/C8H5ClF4S/c1-4-6(14-8(11,12)13)3-2-5(10)7(4)9/h2-3H,1H3. The Kier molecular flexibility index (Phi) is 3.32. The number of thioether (sulfide) groups is 1. The summed E-state index contributed by atoms with van der Waals surface area (Å²) in [5.74, 6) is -0.712. The van der Waals surface area contributed by atoms with E-state index in [0.29, 0.717) is 0 Å². The van der Waals surface area contributed by atoms with Gasteiger partial charge in [0.05, 0.1) is 5.02 Å². The van der Waals surface area contributed by atoms with E-state index in [1.165, 1.54) is 6.92 Å². The number of halogens is 5. The maximum Gasteiger partial charge on any atom is 0.446 e. The van der Waals surface area contributed by atoms with Crippen molar-refractivity contribution in [3.05, 3.63) is 28.5 Å². The molecular formula is C8H5ClF4S. The van der Waals surface area contributed by atoms with Crippen LogP contribution in [0.5, 0.6) is 0 Å². The molecule has 0 bridgehead atoms. The van der Waals surface area contributed by atoms with E-state index in [1.54, 1.807) is 0 Å². The molecule has 0 spiro atoms. The van der Waals surface area contributed by atoms with Crippen molar-refractivity contribution >= 4 is 23.4 Å². The van der Waals surface area contributed by atoms with Gasteiger partial charge in [-0.25, -0.2) is 4.39 Å². The summed E-state index contributed by atoms with van der Waals surface area (Å²) >= 11 is 5.16. The van der Waals surface area contributed by atoms with Crippen LogP contribution in [-0.2, 0) is 0 Å². The number of hydrogen-bond donors (Lipinski definition) is 0. The minimum absolute atomic E-state index is 0.0797. The lowest BCUT2D eigenvalue weighted by Crippen LogP contribution is -2.00. The van der Waals surface area contributed by atoms with E-state index in [0.717, 1.165) is 12.1 Å². The van der Waals surface area contributed by atoms with Crippen LogP contribution in [0.1, 0.15) is 5.56 Å². The molecular weight excluding hydrogens is 240 g/mol. The topological polar surface area (TPSA) is 0 Å². The lowest BCUT2D eigenvalue weighted by atomic mass is 10.2. The van der Waals surface area contributed by atoms with Crippen LogP contribution in [0, 0.1) is 12.7 Å². The predicted molar refractivity (Wildman–Crippen MR) is 48.1 cm³/mol. The highest BCUT2D eigenvalue weighted by Gasteiger charge is 2.30. The highest BCUT2D eigenvalue weighted by Crippen LogP contribution is 2.40. The fraction of sp³-hybridized carbons (Fsp3) is 0.250. The van der Waals surface area contributed by atoms with Crippen molar-refractivity contribution in [2.75, 3.05) is 0 Å². The molecule has 0 nitrogen and oxygen atoms in total. The van der Waals surface area contributed by atoms with E-state index >= 15 is 0 Å². The van der Waals surface area contributed by atoms with Crippen molar-refractivity contribution in [3.8, 4) is 0 Å². The fourth-order valence-electron chi connectivity index (χ4n) is 0.870. The zero-order chi connectivity index (χ0) is 10.9. The average Bonchev–Trinajstić information content (AvgIpc) is 2.04. The van der Waals surface area contributed by atoms with Crippen molar-refractivity contribution in [1.29, 1.82) is 0 Å². The second-order valence-electron chi connectivity index (χ2n) is 2.53. The van der Waals surface area contributed by atoms with Crippen LogP contribution in [0.4, 0.5) is 17.6 Å². The first-order valence-corrected chi connectivity index (χ1v) is 4.71. The molecule has 0 saturated carbocycles. The molecule has 0 aromatic heterocycles. The summed E-state index contributed by atoms with van der Waals surface area (Å²) in [5.41, 5.74) is -4.28. The third-order valence-corrected chi connectivity index (χ3v) is 2.87. The monoisotopic (exact) mass is 244 g/mol. The van der Waals surface area contributed by atoms with Crippen molar-refractivity contribution in [2.24, 2.45) is 0 Å². The molecule has 1 aromatic carbocycles. The summed E-state index contributed by atoms with van der Waals surface area (Å²) in [4.78, 5) is -0.0797. The molecule has 0 N–H and O–H groups in total. The molecule has 0 atom stereocenters. The summed E-state index contributed by atoms with van der Waals surface area (Å²) in [7, 11) is 0. The van der Waals surface area contributed by atoms with Gasteiger partial charge in [-0.05, 0) is 36.4 Å². The number of alkyl halides is 3. The van der Waals surface area contributed by atoms with Gasteiger partial charge in [0, 0.05) is 4.90 Å². The third-order valence-electron chi connectivity index (χ3n) is 1.52. The lowest BCUT2D eigenvalue weighted by molar-refractivity contribution is -0.0328. The quantitative estimate of drug-likeness (QED) is 0.521. The zero-order valence-corrected chi connectivity index (χ0v) is 8.53. The summed E-state index contributed by atoms with van der Waals surface area (Å²) in [6.07, 6.45) is 0. The van der Waals surface area contributed by atoms with Gasteiger partial charge in [0.25, 0.3) is 0 Å². The minimum Gasteiger partial charge on any atom is -0.205 e. The summed E-state index contributed by atoms with van der Waals surface area (Å²) in [6.45, 7) is 1.35. The molecule has 78 valence electrons. The SMILES string of the molecule is Cc1c(SC(F)(F)F)ccc(F)c1Cl. The van der Waals surface area contributed by atoms with Gasteiger partial charge in [-0.2, -0.15) is 13.2 Å². The highest BCUT2D eigenvalue weighted by atomic mass is 35.5. The maximum absolute atomic E-state index is 12.8. The summed E-state index contributed by atoms with van der Waals surface area (Å²) in [6, 6.07) is 1.98. The van der Waals surface area contributed by atoms with Gasteiger partial charge in [0.2, 0.25) is 0 Å². The Morgan fingerprint density at radius 2 is 1.86 bits per heavy atom. The van der Waals surface area contributed by atoms with Crippen LogP contribution in [0.25, 0.3) is 0 Å². The Hall–Kier alpha value is -0.420. The van der Waals surface area contributed by atoms with Gasteiger partial charge in [0.15, 0.2) is 0 Å². The fourth-order valence-corrected chi connectivity index (χ4v) is 1.73. The van der Waals surface area contributed by atoms with Crippen LogP contribution in [-0.4, -0.2) is 5.51 Å². The number of benzene rings is 1. The first-order chi connectivity index (χ1) is 6.31. The largest absolute Gasteiger partial charge is 0.446 e. The van der Waals surface area contributed by atoms with Gasteiger partial charge < -0.3 is 0 Å². The van der Waals surface area contributed by atoms with Crippen LogP contribution in [0.2, 0.25) is 5.02 Å². The average molecular weight is 245 g/mol. The molecule has 1 aromatic rings. The molecule has 0 unspecified atom stereocenters. The minimum atomic E-state index is -4.38. The molecule has 0 fully saturated rings. The van der Waals surface area contributed by atoms with E-state index < -0.39 is 11.3 Å². The van der Waals surface area contributed by atoms with Gasteiger partial charge in [-0.15, -0.1) is 0 Å². The van der Waals surface area contributed by atoms with Crippen LogP contribution < -0.4 is 0 Å². The van der Waals surface area contributed by atoms with Crippen LogP contribution in [0.15, 0.2) is 17.0 Å². The zero-order valence-electron chi connectivity index (χ0n) is 6.95. The number of hydrogen-bond acceptors (Lipinski definition) is 1. The van der Waals surface area contributed by atoms with E-state index in [1.807, 2.05) is 0 Å². The van der Waals surface area contributed by atoms with E-state index in [2.05, 4.69) is 0 Å². The van der Waals surface area contributed by atoms with Crippen LogP contribution in [0.3, 0.4) is 0 Å². The van der Waals surface area contributed by atoms with Gasteiger partial charge in [0.1, 0.15) is 5.82 Å². The van der Waals surface area contributed by atoms with E-state index in [4.69, 9.17) is 11.6 Å². The van der Waals surface area contributed by atoms with Crippen molar-refractivity contribution in [3.63, 3.8) is 0 Å². The second kappa shape index (κ2) is 3.98. The molecule has 1 rings (SSSR count). The summed E-state index contributed by atoms with van der Waals surface area (Å²) < 4.78 is 48.7. The van der Waals surface area contributed by atoms with Gasteiger partial charge in [-0.3, -0.25) is 0 Å². The lowest BCUT2D eigenvalue weighted by Gasteiger charge is -2.09. The smallest absolute Gasteiger partial charge is 0.205 e. The Bertz CT molecular complexity index is 348. The Morgan fingerprint density at radius 1 is 1.29 bits per heavy atom. The second-order valence-corrected chi connectivity index (χ2v) is 4.02. The maximum atomic E-state index is 12.8. The molecule has 0 amide bonds. The van der Waals surface area contributed by atoms with Crippen molar-refractivity contribution in [2.45, 2.75) is 17.3 Å². The molecule has 0 heterocycles. The van der Waals surface area contributed by atoms with Crippen LogP contribution >= 0.6 is 23.4 Å². The first kappa shape index (κ1) is 11.7. The number of rotatable bonds is 1. The summed E-state index contributed by atoms with van der Waals surface area (Å²) in [5, 5.41) is -0.265. The molecule has 14 heavy (non-hydrogen) atoms. The van der Waals surface area contributed by atoms with Gasteiger partial charge in [-0.1, -0.05) is 11.6 Å². The normalized spacial score (nSPS) is 11.9. The Morgan fingerprint density at radius 3 is 2.36 bits per heavy atom. The van der Waals surface area contributed by atoms with Crippen molar-refractivity contribution < 1.29 is 17.6 Å². The van der Waals surface area contributed by atoms with E-state index in [-0.39, 0.29) is 27.2 Å². The van der Waals surface area contributed by atoms with E-state index in [9.17, 15) is 17.6 Å². The Balaban J connectivity index is 3.06. The molecule has 0 saturated heterocycles. The molecule has 0 aliphatic heterocycles. The van der Waals surface area contributed by atoms with Crippen molar-refractivity contribution in [1.82, 2.24) is 0 Å². The first-order valence-electron chi connectivity index (χ1n) is 3.51. The molecule has 0 radical (unpaired) electrons. The third kappa shape index (κ3) is 2.78. The Labute approximate surface area is 87.2 Å². The highest BCUT2D eigenvalue weighted by molar-refractivity contribution is 8.00. The molecule has 6 heteroatoms. The molecule has 0 aliphatic carbocycles. The molecule has 0 aliphatic rings.